The summed E-state index contributed by atoms with van der Waals surface area (Å²) in [7, 11) is 0. The van der Waals surface area contributed by atoms with E-state index >= 15 is 0 Å². The molecule has 5 heteroatoms. The van der Waals surface area contributed by atoms with E-state index in [0.717, 1.165) is 19.3 Å². The molecular weight excluding hydrogens is 346 g/mol. The lowest BCUT2D eigenvalue weighted by Gasteiger charge is -2.17. The number of benzene rings is 1. The Morgan fingerprint density at radius 3 is 2.83 bits per heavy atom. The molecule has 1 aromatic rings. The fraction of sp³-hybridized carbons (Fsp3) is 0.462. The van der Waals surface area contributed by atoms with Crippen LogP contribution in [0.2, 0.25) is 0 Å². The van der Waals surface area contributed by atoms with E-state index in [-0.39, 0.29) is 17.8 Å². The summed E-state index contributed by atoms with van der Waals surface area (Å²) in [5.74, 6) is -0.525. The molecule has 3 N–H and O–H groups in total. The van der Waals surface area contributed by atoms with Gasteiger partial charge in [-0.3, -0.25) is 4.79 Å². The zero-order valence-corrected chi connectivity index (χ0v) is 12.5. The van der Waals surface area contributed by atoms with Gasteiger partial charge < -0.3 is 11.1 Å². The third-order valence-corrected chi connectivity index (χ3v) is 3.59. The highest BCUT2D eigenvalue weighted by Gasteiger charge is 2.14. The fourth-order valence-corrected chi connectivity index (χ4v) is 2.36. The van der Waals surface area contributed by atoms with E-state index in [4.69, 9.17) is 5.73 Å². The summed E-state index contributed by atoms with van der Waals surface area (Å²) < 4.78 is 13.6. The Labute approximate surface area is 120 Å². The lowest BCUT2D eigenvalue weighted by Crippen LogP contribution is -2.40. The number of amides is 1. The molecule has 18 heavy (non-hydrogen) atoms. The molecule has 0 aliphatic heterocycles. The normalized spacial score (nSPS) is 12.2. The summed E-state index contributed by atoms with van der Waals surface area (Å²) >= 11 is 1.96. The monoisotopic (exact) mass is 364 g/mol. The van der Waals surface area contributed by atoms with Crippen molar-refractivity contribution in [2.24, 2.45) is 5.73 Å². The van der Waals surface area contributed by atoms with Gasteiger partial charge in [0.25, 0.3) is 5.91 Å². The molecule has 0 heterocycles. The lowest BCUT2D eigenvalue weighted by molar-refractivity contribution is 0.0935. The molecule has 0 saturated carbocycles. The van der Waals surface area contributed by atoms with Gasteiger partial charge in [-0.1, -0.05) is 19.8 Å². The van der Waals surface area contributed by atoms with Crippen LogP contribution in [0.1, 0.15) is 36.5 Å². The van der Waals surface area contributed by atoms with Crippen molar-refractivity contribution in [3.8, 4) is 0 Å². The van der Waals surface area contributed by atoms with Crippen LogP contribution in [0, 0.1) is 9.39 Å². The molecule has 3 nitrogen and oxygen atoms in total. The molecule has 1 atom stereocenters. The molecule has 0 spiro atoms. The van der Waals surface area contributed by atoms with Crippen LogP contribution in [-0.2, 0) is 0 Å². The van der Waals surface area contributed by atoms with E-state index in [0.29, 0.717) is 15.7 Å². The predicted molar refractivity (Wildman–Crippen MR) is 79.0 cm³/mol. The molecule has 1 amide bonds. The Morgan fingerprint density at radius 2 is 2.28 bits per heavy atom. The number of unbranched alkanes of at least 4 members (excludes halogenated alkanes) is 1. The highest BCUT2D eigenvalue weighted by atomic mass is 127. The minimum Gasteiger partial charge on any atom is -0.348 e. The van der Waals surface area contributed by atoms with Crippen molar-refractivity contribution in [3.05, 3.63) is 33.1 Å². The topological polar surface area (TPSA) is 55.1 Å². The van der Waals surface area contributed by atoms with E-state index < -0.39 is 0 Å². The van der Waals surface area contributed by atoms with Crippen molar-refractivity contribution >= 4 is 28.5 Å². The Balaban J connectivity index is 2.68. The molecule has 0 aromatic heterocycles. The highest BCUT2D eigenvalue weighted by Crippen LogP contribution is 2.14. The van der Waals surface area contributed by atoms with Crippen molar-refractivity contribution in [1.82, 2.24) is 5.32 Å². The van der Waals surface area contributed by atoms with Gasteiger partial charge in [-0.05, 0) is 47.2 Å². The molecule has 0 saturated heterocycles. The summed E-state index contributed by atoms with van der Waals surface area (Å²) in [6.45, 7) is 2.52. The van der Waals surface area contributed by atoms with Crippen molar-refractivity contribution in [2.45, 2.75) is 32.2 Å². The van der Waals surface area contributed by atoms with Gasteiger partial charge in [0.1, 0.15) is 5.82 Å². The molecule has 0 aliphatic carbocycles. The second kappa shape index (κ2) is 7.68. The minimum atomic E-state index is -0.336. The van der Waals surface area contributed by atoms with Crippen LogP contribution in [0.5, 0.6) is 0 Å². The Bertz CT molecular complexity index is 412. The van der Waals surface area contributed by atoms with Gasteiger partial charge in [-0.2, -0.15) is 0 Å². The van der Waals surface area contributed by atoms with E-state index in [1.165, 1.54) is 18.2 Å². The SMILES string of the molecule is CCCCC(CN)NC(=O)c1ccc(F)cc1I. The maximum atomic E-state index is 12.9. The van der Waals surface area contributed by atoms with Crippen molar-refractivity contribution < 1.29 is 9.18 Å². The quantitative estimate of drug-likeness (QED) is 0.763. The Kier molecular flexibility index (Phi) is 6.56. The van der Waals surface area contributed by atoms with Gasteiger partial charge in [0, 0.05) is 16.2 Å². The smallest absolute Gasteiger partial charge is 0.252 e. The first-order chi connectivity index (χ1) is 8.58. The molecule has 0 radical (unpaired) electrons. The van der Waals surface area contributed by atoms with Crippen molar-refractivity contribution in [3.63, 3.8) is 0 Å². The average Bonchev–Trinajstić information content (AvgIpc) is 2.34. The summed E-state index contributed by atoms with van der Waals surface area (Å²) in [4.78, 5) is 12.0. The molecule has 1 rings (SSSR count). The van der Waals surface area contributed by atoms with E-state index in [2.05, 4.69) is 12.2 Å². The second-order valence-electron chi connectivity index (χ2n) is 4.17. The summed E-state index contributed by atoms with van der Waals surface area (Å²) in [5, 5.41) is 2.89. The van der Waals surface area contributed by atoms with E-state index in [1.54, 1.807) is 0 Å². The van der Waals surface area contributed by atoms with Crippen LogP contribution in [0.15, 0.2) is 18.2 Å². The number of halogens is 2. The number of hydrogen-bond acceptors (Lipinski definition) is 2. The van der Waals surface area contributed by atoms with Crippen LogP contribution in [0.4, 0.5) is 4.39 Å². The zero-order chi connectivity index (χ0) is 13.5. The molecule has 100 valence electrons. The molecule has 0 fully saturated rings. The van der Waals surface area contributed by atoms with E-state index in [1.807, 2.05) is 22.6 Å². The first kappa shape index (κ1) is 15.4. The van der Waals surface area contributed by atoms with Gasteiger partial charge >= 0.3 is 0 Å². The maximum absolute atomic E-state index is 12.9. The van der Waals surface area contributed by atoms with E-state index in [9.17, 15) is 9.18 Å². The minimum absolute atomic E-state index is 0.0155. The maximum Gasteiger partial charge on any atom is 0.252 e. The molecule has 0 aliphatic rings. The summed E-state index contributed by atoms with van der Waals surface area (Å²) in [6, 6.07) is 4.12. The van der Waals surface area contributed by atoms with Crippen LogP contribution in [0.25, 0.3) is 0 Å². The summed E-state index contributed by atoms with van der Waals surface area (Å²) in [5.41, 5.74) is 6.12. The lowest BCUT2D eigenvalue weighted by atomic mass is 10.1. The van der Waals surface area contributed by atoms with Gasteiger partial charge in [-0.15, -0.1) is 0 Å². The van der Waals surface area contributed by atoms with Crippen molar-refractivity contribution in [1.29, 1.82) is 0 Å². The third kappa shape index (κ3) is 4.53. The standard InChI is InChI=1S/C13H18FIN2O/c1-2-3-4-10(8-16)17-13(18)11-6-5-9(14)7-12(11)15/h5-7,10H,2-4,8,16H2,1H3,(H,17,18). The summed E-state index contributed by atoms with van der Waals surface area (Å²) in [6.07, 6.45) is 2.97. The number of nitrogens with two attached hydrogens (primary N) is 1. The number of rotatable bonds is 6. The average molecular weight is 364 g/mol. The number of carbonyl (C=O) groups excluding carboxylic acids is 1. The number of hydrogen-bond donors (Lipinski definition) is 2. The number of nitrogens with one attached hydrogen (secondary N) is 1. The van der Waals surface area contributed by atoms with Gasteiger partial charge in [0.15, 0.2) is 0 Å². The van der Waals surface area contributed by atoms with Gasteiger partial charge in [-0.25, -0.2) is 4.39 Å². The second-order valence-corrected chi connectivity index (χ2v) is 5.33. The molecule has 1 aromatic carbocycles. The predicted octanol–water partition coefficient (Wildman–Crippen LogP) is 2.68. The zero-order valence-electron chi connectivity index (χ0n) is 10.4. The molecular formula is C13H18FIN2O. The van der Waals surface area contributed by atoms with Crippen LogP contribution >= 0.6 is 22.6 Å². The van der Waals surface area contributed by atoms with Gasteiger partial charge in [0.2, 0.25) is 0 Å². The van der Waals surface area contributed by atoms with Gasteiger partial charge in [0.05, 0.1) is 5.56 Å². The Hall–Kier alpha value is -0.690. The third-order valence-electron chi connectivity index (χ3n) is 2.70. The largest absolute Gasteiger partial charge is 0.348 e. The Morgan fingerprint density at radius 1 is 1.56 bits per heavy atom. The first-order valence-corrected chi connectivity index (χ1v) is 7.12. The fourth-order valence-electron chi connectivity index (χ4n) is 1.64. The van der Waals surface area contributed by atoms with Crippen LogP contribution in [0.3, 0.4) is 0 Å². The first-order valence-electron chi connectivity index (χ1n) is 6.04. The molecule has 1 unspecified atom stereocenters. The van der Waals surface area contributed by atoms with Crippen LogP contribution < -0.4 is 11.1 Å². The molecule has 0 bridgehead atoms. The highest BCUT2D eigenvalue weighted by molar-refractivity contribution is 14.1. The number of carbonyl (C=O) groups is 1. The van der Waals surface area contributed by atoms with Crippen LogP contribution in [-0.4, -0.2) is 18.5 Å². The van der Waals surface area contributed by atoms with Crippen molar-refractivity contribution in [2.75, 3.05) is 6.54 Å².